The van der Waals surface area contributed by atoms with Crippen LogP contribution in [-0.2, 0) is 24.7 Å². The van der Waals surface area contributed by atoms with Gasteiger partial charge < -0.3 is 9.68 Å². The predicted molar refractivity (Wildman–Crippen MR) is 183 cm³/mol. The third-order valence-corrected chi connectivity index (χ3v) is 10.5. The number of unbranched alkanes of at least 4 members (excludes halogenated alkanes) is 2. The maximum atomic E-state index is 13.1. The standard InChI is InChI=1S/C38H49N3O6/c1-4-6-22-38(23-7-5-2)33-24-29(18-20-31(33)32-21-19-30(41(44)45)25-34(32)38)35(40-47-37(43)28-16-12-9-13-17-28)26(3)39-46-36(42)27-14-10-8-11-15-27/h18-21,24-25,27-28H,4-17,22-23H2,1-3H3/b39-26+,40-35-. The summed E-state index contributed by atoms with van der Waals surface area (Å²) in [5, 5.41) is 20.5. The minimum atomic E-state index is -0.416. The quantitative estimate of drug-likeness (QED) is 0.0927. The van der Waals surface area contributed by atoms with Gasteiger partial charge in [-0.15, -0.1) is 0 Å². The molecule has 0 amide bonds. The zero-order valence-corrected chi connectivity index (χ0v) is 28.2. The summed E-state index contributed by atoms with van der Waals surface area (Å²) in [6.45, 7) is 6.04. The zero-order valence-electron chi connectivity index (χ0n) is 28.2. The number of rotatable bonds is 13. The summed E-state index contributed by atoms with van der Waals surface area (Å²) in [5.74, 6) is -1.04. The Kier molecular flexibility index (Phi) is 11.6. The molecule has 0 heterocycles. The first-order chi connectivity index (χ1) is 22.8. The molecule has 0 saturated heterocycles. The SMILES string of the molecule is CCCCC1(CCCC)c2cc(C(=N\OC(=O)C3CCCCC3)/C(C)=N/OC(=O)C3CCCCC3)ccc2-c2ccc([N+](=O)[O-])cc21. The van der Waals surface area contributed by atoms with Gasteiger partial charge in [-0.1, -0.05) is 100 Å². The van der Waals surface area contributed by atoms with Gasteiger partial charge in [-0.05, 0) is 79.8 Å². The predicted octanol–water partition coefficient (Wildman–Crippen LogP) is 9.57. The molecule has 0 unspecified atom stereocenters. The Hall–Kier alpha value is -3.88. The number of oxime groups is 2. The number of carbonyl (C=O) groups excluding carboxylic acids is 2. The average Bonchev–Trinajstić information content (AvgIpc) is 3.37. The second-order valence-corrected chi connectivity index (χ2v) is 13.6. The molecule has 0 radical (unpaired) electrons. The Morgan fingerprint density at radius 2 is 1.30 bits per heavy atom. The van der Waals surface area contributed by atoms with Crippen molar-refractivity contribution in [1.82, 2.24) is 0 Å². The van der Waals surface area contributed by atoms with Crippen LogP contribution in [0.15, 0.2) is 46.7 Å². The normalized spacial score (nSPS) is 18.4. The van der Waals surface area contributed by atoms with Crippen molar-refractivity contribution in [2.45, 2.75) is 129 Å². The zero-order chi connectivity index (χ0) is 33.4. The van der Waals surface area contributed by atoms with Gasteiger partial charge in [0, 0.05) is 23.1 Å². The van der Waals surface area contributed by atoms with Crippen LogP contribution in [0.3, 0.4) is 0 Å². The number of nitrogens with zero attached hydrogens (tertiary/aromatic N) is 3. The number of hydrogen-bond acceptors (Lipinski definition) is 8. The maximum Gasteiger partial charge on any atom is 0.338 e. The van der Waals surface area contributed by atoms with Crippen molar-refractivity contribution in [2.75, 3.05) is 0 Å². The highest BCUT2D eigenvalue weighted by Gasteiger charge is 2.43. The third kappa shape index (κ3) is 7.65. The molecule has 2 aromatic rings. The van der Waals surface area contributed by atoms with E-state index in [4.69, 9.17) is 9.68 Å². The molecule has 9 nitrogen and oxygen atoms in total. The lowest BCUT2D eigenvalue weighted by molar-refractivity contribution is -0.384. The molecule has 0 aromatic heterocycles. The first-order valence-electron chi connectivity index (χ1n) is 17.8. The van der Waals surface area contributed by atoms with E-state index in [0.29, 0.717) is 17.0 Å². The molecule has 0 atom stereocenters. The van der Waals surface area contributed by atoms with Crippen molar-refractivity contribution in [3.63, 3.8) is 0 Å². The van der Waals surface area contributed by atoms with Crippen LogP contribution in [0, 0.1) is 22.0 Å². The van der Waals surface area contributed by atoms with E-state index in [9.17, 15) is 19.7 Å². The third-order valence-electron chi connectivity index (χ3n) is 10.5. The number of nitro benzene ring substituents is 1. The Morgan fingerprint density at radius 1 is 0.787 bits per heavy atom. The molecule has 0 bridgehead atoms. The number of hydrogen-bond donors (Lipinski definition) is 0. The maximum absolute atomic E-state index is 13.1. The molecule has 3 aliphatic carbocycles. The number of non-ortho nitro benzene ring substituents is 1. The minimum Gasteiger partial charge on any atom is -0.318 e. The fraction of sp³-hybridized carbons (Fsp3) is 0.579. The number of fused-ring (bicyclic) bond motifs is 3. The van der Waals surface area contributed by atoms with Crippen LogP contribution < -0.4 is 0 Å². The summed E-state index contributed by atoms with van der Waals surface area (Å²) in [4.78, 5) is 48.6. The second-order valence-electron chi connectivity index (χ2n) is 13.6. The molecule has 47 heavy (non-hydrogen) atoms. The number of nitro groups is 1. The van der Waals surface area contributed by atoms with Crippen molar-refractivity contribution in [2.24, 2.45) is 22.1 Å². The molecule has 3 aliphatic rings. The van der Waals surface area contributed by atoms with E-state index in [1.165, 1.54) is 0 Å². The van der Waals surface area contributed by atoms with E-state index in [-0.39, 0.29) is 34.4 Å². The van der Waals surface area contributed by atoms with Crippen LogP contribution in [0.4, 0.5) is 5.69 Å². The molecule has 2 aromatic carbocycles. The summed E-state index contributed by atoms with van der Waals surface area (Å²) in [7, 11) is 0. The van der Waals surface area contributed by atoms with Crippen LogP contribution in [0.2, 0.25) is 0 Å². The smallest absolute Gasteiger partial charge is 0.318 e. The summed E-state index contributed by atoms with van der Waals surface area (Å²) in [6.07, 6.45) is 15.0. The Bertz CT molecular complexity index is 1510. The molecule has 2 fully saturated rings. The van der Waals surface area contributed by atoms with E-state index in [1.54, 1.807) is 19.1 Å². The van der Waals surface area contributed by atoms with E-state index < -0.39 is 5.41 Å². The topological polar surface area (TPSA) is 120 Å². The van der Waals surface area contributed by atoms with Gasteiger partial charge in [0.15, 0.2) is 0 Å². The fourth-order valence-electron chi connectivity index (χ4n) is 7.77. The average molecular weight is 644 g/mol. The fourth-order valence-corrected chi connectivity index (χ4v) is 7.77. The van der Waals surface area contributed by atoms with Crippen LogP contribution in [0.25, 0.3) is 11.1 Å². The van der Waals surface area contributed by atoms with E-state index >= 15 is 0 Å². The van der Waals surface area contributed by atoms with Crippen LogP contribution in [0.5, 0.6) is 0 Å². The van der Waals surface area contributed by atoms with Gasteiger partial charge in [0.05, 0.1) is 16.8 Å². The highest BCUT2D eigenvalue weighted by molar-refractivity contribution is 6.47. The monoisotopic (exact) mass is 643 g/mol. The first-order valence-corrected chi connectivity index (χ1v) is 17.8. The van der Waals surface area contributed by atoms with E-state index in [2.05, 4.69) is 30.2 Å². The van der Waals surface area contributed by atoms with Gasteiger partial charge in [0.1, 0.15) is 11.4 Å². The lowest BCUT2D eigenvalue weighted by Crippen LogP contribution is -2.26. The number of carbonyl (C=O) groups is 2. The van der Waals surface area contributed by atoms with Crippen molar-refractivity contribution in [3.8, 4) is 11.1 Å². The first kappa shape index (κ1) is 34.5. The van der Waals surface area contributed by atoms with Gasteiger partial charge in [-0.3, -0.25) is 10.1 Å². The van der Waals surface area contributed by atoms with Crippen molar-refractivity contribution >= 4 is 29.0 Å². The molecule has 0 aliphatic heterocycles. The van der Waals surface area contributed by atoms with Crippen LogP contribution in [-0.4, -0.2) is 28.3 Å². The van der Waals surface area contributed by atoms with Gasteiger partial charge >= 0.3 is 11.9 Å². The second kappa shape index (κ2) is 15.8. The Morgan fingerprint density at radius 3 is 1.83 bits per heavy atom. The van der Waals surface area contributed by atoms with E-state index in [1.807, 2.05) is 18.2 Å². The molecular formula is C38H49N3O6. The molecule has 9 heteroatoms. The highest BCUT2D eigenvalue weighted by atomic mass is 16.7. The lowest BCUT2D eigenvalue weighted by Gasteiger charge is -2.32. The van der Waals surface area contributed by atoms with Crippen molar-refractivity contribution in [1.29, 1.82) is 0 Å². The van der Waals surface area contributed by atoms with Gasteiger partial charge in [0.25, 0.3) is 5.69 Å². The van der Waals surface area contributed by atoms with Gasteiger partial charge in [-0.2, -0.15) is 0 Å². The van der Waals surface area contributed by atoms with Crippen LogP contribution in [0.1, 0.15) is 140 Å². The Labute approximate surface area is 278 Å². The molecule has 0 spiro atoms. The molecule has 5 rings (SSSR count). The molecule has 2 saturated carbocycles. The largest absolute Gasteiger partial charge is 0.338 e. The molecule has 252 valence electrons. The summed E-state index contributed by atoms with van der Waals surface area (Å²) in [6, 6.07) is 11.3. The van der Waals surface area contributed by atoms with Gasteiger partial charge in [0.2, 0.25) is 0 Å². The highest BCUT2D eigenvalue weighted by Crippen LogP contribution is 2.55. The Balaban J connectivity index is 1.57. The van der Waals surface area contributed by atoms with Gasteiger partial charge in [-0.25, -0.2) is 9.59 Å². The summed E-state index contributed by atoms with van der Waals surface area (Å²) < 4.78 is 0. The van der Waals surface area contributed by atoms with Crippen molar-refractivity contribution in [3.05, 3.63) is 63.2 Å². The van der Waals surface area contributed by atoms with Crippen LogP contribution >= 0.6 is 0 Å². The number of benzene rings is 2. The van der Waals surface area contributed by atoms with E-state index in [0.717, 1.165) is 125 Å². The molecule has 0 N–H and O–H groups in total. The summed E-state index contributed by atoms with van der Waals surface area (Å²) >= 11 is 0. The minimum absolute atomic E-state index is 0.0915. The van der Waals surface area contributed by atoms with Crippen molar-refractivity contribution < 1.29 is 24.2 Å². The lowest BCUT2D eigenvalue weighted by atomic mass is 9.70. The summed E-state index contributed by atoms with van der Waals surface area (Å²) in [5.41, 5.74) is 5.17. The molecular weight excluding hydrogens is 594 g/mol.